The Balaban J connectivity index is 0.000000252. The number of nitrogens with one attached hydrogen (secondary N) is 1. The fourth-order valence-electron chi connectivity index (χ4n) is 8.12. The maximum absolute atomic E-state index is 13.1. The van der Waals surface area contributed by atoms with E-state index in [1.807, 2.05) is 14.1 Å². The largest absolute Gasteiger partial charge is 0.497 e. The molecule has 2 aliphatic heterocycles. The Kier molecular flexibility index (Phi) is 21.1. The Bertz CT molecular complexity index is 2580. The molecule has 2 heterocycles. The molecule has 0 fully saturated rings. The zero-order valence-electron chi connectivity index (χ0n) is 42.3. The monoisotopic (exact) mass is 996 g/mol. The molecule has 0 aromatic heterocycles. The molecule has 4 aromatic carbocycles. The molecule has 2 N–H and O–H groups in total. The first-order chi connectivity index (χ1) is 32.5. The number of likely N-dealkylation sites (N-methyl/N-ethyl adjacent to an activating group) is 2. The van der Waals surface area contributed by atoms with E-state index in [-0.39, 0.29) is 48.6 Å². The van der Waals surface area contributed by atoms with Crippen LogP contribution in [0.2, 0.25) is 0 Å². The number of amides is 1. The lowest BCUT2D eigenvalue weighted by Crippen LogP contribution is -2.33. The van der Waals surface area contributed by atoms with E-state index in [1.165, 1.54) is 53.3 Å². The number of carboxylic acids is 1. The molecule has 0 unspecified atom stereocenters. The number of benzene rings is 4. The number of carbonyl (C=O) groups excluding carboxylic acids is 1. The molecule has 2 aliphatic rings. The summed E-state index contributed by atoms with van der Waals surface area (Å²) in [6, 6.07) is 19.9. The number of aliphatic carboxylic acids is 1. The SMILES string of the molecule is CN(C)Cc1ccc2c(c1)CNC2.COc1cc(C)c(S(=O)(=O)N(C)CCOCC(=O)N2Cc3ccc(CN(C)C)cc3C2)c(C)c1.COc1cc(C)c(S(=O)(=O)N(C)CCOCC(=O)O)c(C)c1. The normalized spacial score (nSPS) is 13.2. The molecular formula is C50H72N6O11S2. The number of carboxylic acid groups (broad SMARTS) is 1. The van der Waals surface area contributed by atoms with E-state index in [4.69, 9.17) is 24.1 Å². The quantitative estimate of drug-likeness (QED) is 0.113. The lowest BCUT2D eigenvalue weighted by atomic mass is 10.1. The second kappa shape index (κ2) is 25.8. The van der Waals surface area contributed by atoms with E-state index in [1.54, 1.807) is 64.0 Å². The number of carbonyl (C=O) groups is 2. The van der Waals surface area contributed by atoms with Crippen LogP contribution >= 0.6 is 0 Å². The highest BCUT2D eigenvalue weighted by atomic mass is 32.2. The van der Waals surface area contributed by atoms with Gasteiger partial charge in [-0.2, -0.15) is 8.61 Å². The lowest BCUT2D eigenvalue weighted by Gasteiger charge is -2.21. The van der Waals surface area contributed by atoms with Gasteiger partial charge in [0, 0.05) is 66.5 Å². The number of hydrogen-bond donors (Lipinski definition) is 2. The summed E-state index contributed by atoms with van der Waals surface area (Å²) >= 11 is 0. The highest BCUT2D eigenvalue weighted by molar-refractivity contribution is 7.89. The van der Waals surface area contributed by atoms with Gasteiger partial charge in [0.25, 0.3) is 0 Å². The van der Waals surface area contributed by atoms with Gasteiger partial charge in [0.05, 0.1) is 37.2 Å². The second-order valence-electron chi connectivity index (χ2n) is 17.9. The summed E-state index contributed by atoms with van der Waals surface area (Å²) in [7, 11) is 6.93. The average molecular weight is 997 g/mol. The molecule has 0 radical (unpaired) electrons. The molecule has 0 saturated carbocycles. The lowest BCUT2D eigenvalue weighted by molar-refractivity contribution is -0.142. The van der Waals surface area contributed by atoms with E-state index in [0.29, 0.717) is 46.8 Å². The van der Waals surface area contributed by atoms with Crippen molar-refractivity contribution in [3.05, 3.63) is 116 Å². The molecule has 1 amide bonds. The Morgan fingerprint density at radius 2 is 1.00 bits per heavy atom. The van der Waals surface area contributed by atoms with Crippen molar-refractivity contribution in [1.82, 2.24) is 28.6 Å². The third-order valence-corrected chi connectivity index (χ3v) is 15.8. The van der Waals surface area contributed by atoms with E-state index in [2.05, 4.69) is 65.6 Å². The van der Waals surface area contributed by atoms with Crippen LogP contribution in [0.5, 0.6) is 11.5 Å². The van der Waals surface area contributed by atoms with Crippen molar-refractivity contribution in [3.8, 4) is 11.5 Å². The fraction of sp³-hybridized carbons (Fsp3) is 0.480. The summed E-state index contributed by atoms with van der Waals surface area (Å²) in [6.07, 6.45) is 0. The second-order valence-corrected chi connectivity index (χ2v) is 21.8. The van der Waals surface area contributed by atoms with Crippen molar-refractivity contribution in [1.29, 1.82) is 0 Å². The maximum atomic E-state index is 13.1. The standard InChI is InChI=1S/C25H35N3O5S.C14H21NO6S.C11H16N2/c1-18-11-23(32-6)12-19(2)25(18)34(30,31)27(5)9-10-33-17-24(29)28-15-21-8-7-20(14-26(3)4)13-22(21)16-28;1-10-7-12(20-4)8-11(2)14(10)22(18,19)15(3)5-6-21-9-13(16)17;1-13(2)8-9-3-4-10-6-12-7-11(10)5-9/h7-8,11-13H,9-10,14-17H2,1-6H3;7-8H,5-6,9H2,1-4H3,(H,16,17);3-5,12H,6-8H2,1-2H3. The molecule has 0 aliphatic carbocycles. The molecular weight excluding hydrogens is 925 g/mol. The predicted molar refractivity (Wildman–Crippen MR) is 266 cm³/mol. The van der Waals surface area contributed by atoms with Gasteiger partial charge in [-0.05, 0) is 136 Å². The molecule has 0 atom stereocenters. The van der Waals surface area contributed by atoms with Gasteiger partial charge in [-0.3, -0.25) is 4.79 Å². The molecule has 19 heteroatoms. The van der Waals surface area contributed by atoms with Gasteiger partial charge < -0.3 is 44.1 Å². The van der Waals surface area contributed by atoms with Crippen LogP contribution in [0.4, 0.5) is 0 Å². The summed E-state index contributed by atoms with van der Waals surface area (Å²) in [5, 5.41) is 11.8. The Morgan fingerprint density at radius 3 is 1.43 bits per heavy atom. The summed E-state index contributed by atoms with van der Waals surface area (Å²) in [4.78, 5) is 29.6. The van der Waals surface area contributed by atoms with Gasteiger partial charge in [0.1, 0.15) is 24.7 Å². The molecule has 380 valence electrons. The van der Waals surface area contributed by atoms with E-state index in [9.17, 15) is 26.4 Å². The fourth-order valence-corrected chi connectivity index (χ4v) is 11.2. The predicted octanol–water partition coefficient (Wildman–Crippen LogP) is 4.94. The third kappa shape index (κ3) is 16.0. The number of methoxy groups -OCH3 is 2. The van der Waals surface area contributed by atoms with Gasteiger partial charge in [-0.25, -0.2) is 21.6 Å². The van der Waals surface area contributed by atoms with Crippen molar-refractivity contribution >= 4 is 31.9 Å². The molecule has 0 saturated heterocycles. The third-order valence-electron chi connectivity index (χ3n) is 11.5. The van der Waals surface area contributed by atoms with Gasteiger partial charge in [-0.1, -0.05) is 36.4 Å². The van der Waals surface area contributed by atoms with Crippen LogP contribution in [0.15, 0.2) is 70.5 Å². The highest BCUT2D eigenvalue weighted by Crippen LogP contribution is 2.30. The molecule has 4 aromatic rings. The minimum atomic E-state index is -3.69. The summed E-state index contributed by atoms with van der Waals surface area (Å²) in [5.41, 5.74) is 10.3. The van der Waals surface area contributed by atoms with Crippen LogP contribution in [0.1, 0.15) is 55.6 Å². The van der Waals surface area contributed by atoms with Crippen molar-refractivity contribution in [2.45, 2.75) is 76.8 Å². The molecule has 0 bridgehead atoms. The van der Waals surface area contributed by atoms with Crippen molar-refractivity contribution in [2.24, 2.45) is 0 Å². The van der Waals surface area contributed by atoms with Crippen LogP contribution in [-0.2, 0) is 78.4 Å². The Morgan fingerprint density at radius 1 is 0.594 bits per heavy atom. The topological polar surface area (TPSA) is 188 Å². The summed E-state index contributed by atoms with van der Waals surface area (Å²) in [5.74, 6) is 0.0305. The van der Waals surface area contributed by atoms with E-state index >= 15 is 0 Å². The van der Waals surface area contributed by atoms with Crippen LogP contribution in [0.25, 0.3) is 0 Å². The van der Waals surface area contributed by atoms with Gasteiger partial charge in [0.15, 0.2) is 0 Å². The zero-order valence-corrected chi connectivity index (χ0v) is 44.0. The molecule has 69 heavy (non-hydrogen) atoms. The van der Waals surface area contributed by atoms with Crippen molar-refractivity contribution in [2.75, 3.05) is 96.0 Å². The number of sulfonamides is 2. The van der Waals surface area contributed by atoms with Crippen LogP contribution < -0.4 is 14.8 Å². The Hall–Kier alpha value is -4.96. The smallest absolute Gasteiger partial charge is 0.329 e. The van der Waals surface area contributed by atoms with Gasteiger partial charge >= 0.3 is 5.97 Å². The summed E-state index contributed by atoms with van der Waals surface area (Å²) in [6.45, 7) is 11.9. The van der Waals surface area contributed by atoms with Gasteiger partial charge in [0.2, 0.25) is 26.0 Å². The first-order valence-electron chi connectivity index (χ1n) is 22.6. The minimum absolute atomic E-state index is 0.0102. The number of fused-ring (bicyclic) bond motifs is 2. The maximum Gasteiger partial charge on any atom is 0.329 e. The summed E-state index contributed by atoms with van der Waals surface area (Å²) < 4.78 is 74.6. The van der Waals surface area contributed by atoms with Crippen LogP contribution in [0, 0.1) is 27.7 Å². The Labute approximate surface area is 410 Å². The first-order valence-corrected chi connectivity index (χ1v) is 25.5. The van der Waals surface area contributed by atoms with Gasteiger partial charge in [-0.15, -0.1) is 0 Å². The number of nitrogens with zero attached hydrogens (tertiary/aromatic N) is 5. The van der Waals surface area contributed by atoms with Crippen LogP contribution in [0.3, 0.4) is 0 Å². The number of rotatable bonds is 20. The minimum Gasteiger partial charge on any atom is -0.497 e. The van der Waals surface area contributed by atoms with Crippen LogP contribution in [-0.4, -0.2) is 153 Å². The number of ether oxygens (including phenoxy) is 4. The highest BCUT2D eigenvalue weighted by Gasteiger charge is 2.28. The molecule has 6 rings (SSSR count). The molecule has 0 spiro atoms. The van der Waals surface area contributed by atoms with E-state index in [0.717, 1.165) is 36.0 Å². The first kappa shape index (κ1) is 56.6. The van der Waals surface area contributed by atoms with E-state index < -0.39 is 32.6 Å². The zero-order chi connectivity index (χ0) is 51.2. The number of aryl methyl sites for hydroxylation is 4. The number of hydrogen-bond acceptors (Lipinski definition) is 13. The average Bonchev–Trinajstić information content (AvgIpc) is 3.92. The molecule has 17 nitrogen and oxygen atoms in total. The van der Waals surface area contributed by atoms with Crippen molar-refractivity contribution < 1.29 is 50.5 Å². The van der Waals surface area contributed by atoms with Crippen molar-refractivity contribution in [3.63, 3.8) is 0 Å².